The third-order valence-electron chi connectivity index (χ3n) is 5.02. The van der Waals surface area contributed by atoms with Crippen LogP contribution in [0.5, 0.6) is 5.75 Å². The maximum absolute atomic E-state index is 13.0. The monoisotopic (exact) mass is 409 g/mol. The second-order valence-electron chi connectivity index (χ2n) is 6.84. The van der Waals surface area contributed by atoms with Gasteiger partial charge in [-0.2, -0.15) is 5.26 Å². The summed E-state index contributed by atoms with van der Waals surface area (Å²) in [6.45, 7) is 0.230. The number of para-hydroxylation sites is 1. The Labute approximate surface area is 172 Å². The lowest BCUT2D eigenvalue weighted by Gasteiger charge is -2.22. The van der Waals surface area contributed by atoms with Crippen molar-refractivity contribution in [2.75, 3.05) is 18.6 Å². The van der Waals surface area contributed by atoms with E-state index in [1.165, 1.54) is 24.1 Å². The number of anilines is 1. The molecule has 1 atom stereocenters. The lowest BCUT2D eigenvalue weighted by Crippen LogP contribution is -2.42. The summed E-state index contributed by atoms with van der Waals surface area (Å²) >= 11 is 0. The number of fused-ring (bicyclic) bond motifs is 1. The van der Waals surface area contributed by atoms with Crippen molar-refractivity contribution in [2.24, 2.45) is 0 Å². The topological polar surface area (TPSA) is 134 Å². The van der Waals surface area contributed by atoms with Crippen molar-refractivity contribution in [2.45, 2.75) is 24.9 Å². The van der Waals surface area contributed by atoms with Crippen molar-refractivity contribution in [3.05, 3.63) is 63.7 Å². The van der Waals surface area contributed by atoms with Crippen molar-refractivity contribution in [1.82, 2.24) is 0 Å². The maximum Gasteiger partial charge on any atom is 0.311 e. The number of ketones is 1. The number of nitrogens with zero attached hydrogens (tertiary/aromatic N) is 3. The van der Waals surface area contributed by atoms with Crippen LogP contribution in [0.15, 0.2) is 42.5 Å². The van der Waals surface area contributed by atoms with Crippen LogP contribution >= 0.6 is 0 Å². The predicted molar refractivity (Wildman–Crippen MR) is 106 cm³/mol. The number of nitriles is 1. The van der Waals surface area contributed by atoms with Crippen LogP contribution in [-0.2, 0) is 10.4 Å². The van der Waals surface area contributed by atoms with Gasteiger partial charge in [-0.3, -0.25) is 19.7 Å². The van der Waals surface area contributed by atoms with Gasteiger partial charge in [0.1, 0.15) is 0 Å². The number of rotatable bonds is 8. The molecule has 9 nitrogen and oxygen atoms in total. The summed E-state index contributed by atoms with van der Waals surface area (Å²) in [5, 5.41) is 31.2. The molecule has 0 aromatic heterocycles. The summed E-state index contributed by atoms with van der Waals surface area (Å²) in [7, 11) is 1.28. The molecule has 1 heterocycles. The average Bonchev–Trinajstić information content (AvgIpc) is 2.95. The van der Waals surface area contributed by atoms with Crippen LogP contribution < -0.4 is 9.64 Å². The molecule has 30 heavy (non-hydrogen) atoms. The highest BCUT2D eigenvalue weighted by molar-refractivity contribution is 6.10. The second kappa shape index (κ2) is 8.31. The number of carbonyl (C=O) groups is 2. The van der Waals surface area contributed by atoms with Gasteiger partial charge in [0.2, 0.25) is 0 Å². The molecule has 3 rings (SSSR count). The van der Waals surface area contributed by atoms with E-state index < -0.39 is 28.6 Å². The third kappa shape index (κ3) is 3.60. The SMILES string of the molecule is COc1ccc(C(=O)C[C@@]2(O)C(=O)N(CCCC#N)c3ccccc32)cc1[N+](=O)[O-]. The highest BCUT2D eigenvalue weighted by atomic mass is 16.6. The average molecular weight is 409 g/mol. The fourth-order valence-corrected chi connectivity index (χ4v) is 3.56. The van der Waals surface area contributed by atoms with Crippen LogP contribution in [0.2, 0.25) is 0 Å². The van der Waals surface area contributed by atoms with Gasteiger partial charge in [0.15, 0.2) is 17.1 Å². The fourth-order valence-electron chi connectivity index (χ4n) is 3.56. The first-order valence-electron chi connectivity index (χ1n) is 9.20. The number of Topliss-reactive ketones (excluding diaryl/α,β-unsaturated/α-hetero) is 1. The van der Waals surface area contributed by atoms with Gasteiger partial charge in [-0.15, -0.1) is 0 Å². The van der Waals surface area contributed by atoms with Crippen LogP contribution in [0, 0.1) is 21.4 Å². The Morgan fingerprint density at radius 3 is 2.73 bits per heavy atom. The van der Waals surface area contributed by atoms with Gasteiger partial charge in [0, 0.05) is 30.2 Å². The third-order valence-corrected chi connectivity index (χ3v) is 5.02. The Bertz CT molecular complexity index is 1060. The zero-order chi connectivity index (χ0) is 21.9. The van der Waals surface area contributed by atoms with E-state index in [1.54, 1.807) is 24.3 Å². The lowest BCUT2D eigenvalue weighted by atomic mass is 9.88. The minimum atomic E-state index is -2.09. The molecule has 0 radical (unpaired) electrons. The van der Waals surface area contributed by atoms with E-state index in [2.05, 4.69) is 0 Å². The first-order valence-corrected chi connectivity index (χ1v) is 9.20. The first-order chi connectivity index (χ1) is 14.3. The van der Waals surface area contributed by atoms with Gasteiger partial charge in [-0.25, -0.2) is 0 Å². The molecular weight excluding hydrogens is 390 g/mol. The van der Waals surface area contributed by atoms with Crippen LogP contribution in [0.1, 0.15) is 35.2 Å². The van der Waals surface area contributed by atoms with E-state index in [1.807, 2.05) is 6.07 Å². The number of carbonyl (C=O) groups excluding carboxylic acids is 2. The van der Waals surface area contributed by atoms with Crippen LogP contribution in [-0.4, -0.2) is 35.4 Å². The number of hydrogen-bond donors (Lipinski definition) is 1. The van der Waals surface area contributed by atoms with Crippen molar-refractivity contribution < 1.29 is 24.4 Å². The number of nitro groups is 1. The molecule has 1 N–H and O–H groups in total. The van der Waals surface area contributed by atoms with Crippen LogP contribution in [0.25, 0.3) is 0 Å². The molecule has 0 fully saturated rings. The van der Waals surface area contributed by atoms with Crippen molar-refractivity contribution in [3.63, 3.8) is 0 Å². The Hall–Kier alpha value is -3.77. The molecule has 0 bridgehead atoms. The molecular formula is C21H19N3O6. The molecule has 154 valence electrons. The molecule has 1 aliphatic rings. The van der Waals surface area contributed by atoms with E-state index >= 15 is 0 Å². The number of nitro benzene ring substituents is 1. The molecule has 0 saturated heterocycles. The largest absolute Gasteiger partial charge is 0.490 e. The molecule has 0 aliphatic carbocycles. The van der Waals surface area contributed by atoms with E-state index in [-0.39, 0.29) is 30.0 Å². The minimum Gasteiger partial charge on any atom is -0.490 e. The summed E-state index contributed by atoms with van der Waals surface area (Å²) in [6.07, 6.45) is 0.102. The summed E-state index contributed by atoms with van der Waals surface area (Å²) in [4.78, 5) is 37.8. The van der Waals surface area contributed by atoms with Gasteiger partial charge in [-0.1, -0.05) is 18.2 Å². The molecule has 0 unspecified atom stereocenters. The van der Waals surface area contributed by atoms with E-state index in [9.17, 15) is 24.8 Å². The normalized spacial score (nSPS) is 17.4. The Morgan fingerprint density at radius 1 is 1.33 bits per heavy atom. The number of methoxy groups -OCH3 is 1. The van der Waals surface area contributed by atoms with Crippen molar-refractivity contribution in [1.29, 1.82) is 5.26 Å². The Morgan fingerprint density at radius 2 is 2.07 bits per heavy atom. The molecule has 9 heteroatoms. The number of unbranched alkanes of at least 4 members (excludes halogenated alkanes) is 1. The van der Waals surface area contributed by atoms with Crippen molar-refractivity contribution >= 4 is 23.1 Å². The molecule has 2 aromatic rings. The van der Waals surface area contributed by atoms with Gasteiger partial charge in [0.05, 0.1) is 30.2 Å². The molecule has 1 aliphatic heterocycles. The quantitative estimate of drug-likeness (QED) is 0.307. The molecule has 0 spiro atoms. The number of ether oxygens (including phenoxy) is 1. The maximum atomic E-state index is 13.0. The highest BCUT2D eigenvalue weighted by Crippen LogP contribution is 2.43. The lowest BCUT2D eigenvalue weighted by molar-refractivity contribution is -0.385. The summed E-state index contributed by atoms with van der Waals surface area (Å²) in [6, 6.07) is 12.3. The van der Waals surface area contributed by atoms with Gasteiger partial charge in [-0.05, 0) is 24.6 Å². The summed E-state index contributed by atoms with van der Waals surface area (Å²) < 4.78 is 4.93. The summed E-state index contributed by atoms with van der Waals surface area (Å²) in [5.74, 6) is -1.27. The Balaban J connectivity index is 1.93. The van der Waals surface area contributed by atoms with Crippen LogP contribution in [0.4, 0.5) is 11.4 Å². The van der Waals surface area contributed by atoms with E-state index in [4.69, 9.17) is 10.00 Å². The molecule has 2 aromatic carbocycles. The zero-order valence-corrected chi connectivity index (χ0v) is 16.2. The fraction of sp³-hybridized carbons (Fsp3) is 0.286. The molecule has 1 amide bonds. The standard InChI is InChI=1S/C21H19N3O6/c1-30-19-9-8-14(12-17(19)24(28)29)18(25)13-21(27)15-6-2-3-7-16(15)23(20(21)26)11-5-4-10-22/h2-3,6-9,12,27H,4-5,11,13H2,1H3/t21-/m0/s1. The number of hydrogen-bond acceptors (Lipinski definition) is 7. The smallest absolute Gasteiger partial charge is 0.311 e. The van der Waals surface area contributed by atoms with E-state index in [0.717, 1.165) is 6.07 Å². The zero-order valence-electron chi connectivity index (χ0n) is 16.2. The van der Waals surface area contributed by atoms with Gasteiger partial charge < -0.3 is 14.7 Å². The van der Waals surface area contributed by atoms with Gasteiger partial charge in [0.25, 0.3) is 5.91 Å². The highest BCUT2D eigenvalue weighted by Gasteiger charge is 2.50. The second-order valence-corrected chi connectivity index (χ2v) is 6.84. The summed E-state index contributed by atoms with van der Waals surface area (Å²) in [5.41, 5.74) is -1.70. The first kappa shape index (κ1) is 21.0. The minimum absolute atomic E-state index is 0.00113. The predicted octanol–water partition coefficient (Wildman–Crippen LogP) is 2.71. The van der Waals surface area contributed by atoms with E-state index in [0.29, 0.717) is 17.7 Å². The number of aliphatic hydroxyl groups is 1. The number of amides is 1. The Kier molecular flexibility index (Phi) is 5.80. The van der Waals surface area contributed by atoms with Crippen LogP contribution in [0.3, 0.4) is 0 Å². The van der Waals surface area contributed by atoms with Gasteiger partial charge >= 0.3 is 5.69 Å². The van der Waals surface area contributed by atoms with Crippen molar-refractivity contribution in [3.8, 4) is 11.8 Å². The number of benzene rings is 2. The molecule has 0 saturated carbocycles.